The predicted molar refractivity (Wildman–Crippen MR) is 67.4 cm³/mol. The molecule has 2 aromatic rings. The summed E-state index contributed by atoms with van der Waals surface area (Å²) >= 11 is 5.63. The molecule has 1 saturated carbocycles. The fraction of sp³-hybridized carbons (Fsp3) is 0.462. The number of para-hydroxylation sites is 1. The Morgan fingerprint density at radius 1 is 1.30 bits per heavy atom. The average Bonchev–Trinajstić information content (AvgIpc) is 3.08. The molecule has 7 heteroatoms. The van der Waals surface area contributed by atoms with Crippen molar-refractivity contribution in [3.63, 3.8) is 0 Å². The highest BCUT2D eigenvalue weighted by Crippen LogP contribution is 2.57. The maximum absolute atomic E-state index is 13.7. The molecule has 108 valence electrons. The van der Waals surface area contributed by atoms with Gasteiger partial charge in [-0.25, -0.2) is 9.37 Å². The van der Waals surface area contributed by atoms with E-state index in [1.807, 2.05) is 0 Å². The van der Waals surface area contributed by atoms with Crippen LogP contribution in [-0.4, -0.2) is 21.6 Å². The van der Waals surface area contributed by atoms with Gasteiger partial charge < -0.3 is 4.57 Å². The molecule has 0 saturated heterocycles. The van der Waals surface area contributed by atoms with Crippen LogP contribution in [0.4, 0.5) is 17.6 Å². The van der Waals surface area contributed by atoms with Crippen molar-refractivity contribution in [3.05, 3.63) is 29.8 Å². The molecule has 0 spiro atoms. The molecule has 1 aliphatic rings. The van der Waals surface area contributed by atoms with Gasteiger partial charge in [0.05, 0.1) is 5.52 Å². The summed E-state index contributed by atoms with van der Waals surface area (Å²) in [6.07, 6.45) is -4.22. The zero-order valence-electron chi connectivity index (χ0n) is 10.3. The number of hydrogen-bond acceptors (Lipinski definition) is 1. The van der Waals surface area contributed by atoms with E-state index in [0.717, 1.165) is 4.57 Å². The number of benzene rings is 1. The van der Waals surface area contributed by atoms with E-state index < -0.39 is 17.5 Å². The molecule has 0 bridgehead atoms. The lowest BCUT2D eigenvalue weighted by molar-refractivity contribution is -0.179. The predicted octanol–water partition coefficient (Wildman–Crippen LogP) is 4.01. The van der Waals surface area contributed by atoms with Crippen molar-refractivity contribution < 1.29 is 17.6 Å². The van der Waals surface area contributed by atoms with Gasteiger partial charge in [0.2, 0.25) is 0 Å². The van der Waals surface area contributed by atoms with Crippen LogP contribution in [0.1, 0.15) is 18.7 Å². The van der Waals surface area contributed by atoms with Crippen LogP contribution < -0.4 is 0 Å². The van der Waals surface area contributed by atoms with Gasteiger partial charge in [-0.3, -0.25) is 0 Å². The third-order valence-corrected chi connectivity index (χ3v) is 3.89. The van der Waals surface area contributed by atoms with E-state index in [1.54, 1.807) is 0 Å². The Morgan fingerprint density at radius 3 is 2.55 bits per heavy atom. The Bertz CT molecular complexity index is 658. The van der Waals surface area contributed by atoms with E-state index in [1.165, 1.54) is 18.2 Å². The van der Waals surface area contributed by atoms with Gasteiger partial charge in [-0.15, -0.1) is 11.6 Å². The second-order valence-corrected chi connectivity index (χ2v) is 5.32. The molecule has 1 aliphatic carbocycles. The van der Waals surface area contributed by atoms with Crippen LogP contribution in [0.5, 0.6) is 0 Å². The summed E-state index contributed by atoms with van der Waals surface area (Å²) in [5.41, 5.74) is -1.79. The summed E-state index contributed by atoms with van der Waals surface area (Å²) < 4.78 is 54.9. The highest BCUT2D eigenvalue weighted by Gasteiger charge is 2.65. The monoisotopic (exact) mass is 306 g/mol. The van der Waals surface area contributed by atoms with Crippen molar-refractivity contribution in [3.8, 4) is 0 Å². The molecule has 1 aromatic heterocycles. The summed E-state index contributed by atoms with van der Waals surface area (Å²) in [5, 5.41) is 0. The minimum atomic E-state index is -4.38. The zero-order chi connectivity index (χ0) is 14.5. The van der Waals surface area contributed by atoms with Gasteiger partial charge in [-0.1, -0.05) is 6.07 Å². The van der Waals surface area contributed by atoms with Gasteiger partial charge in [-0.05, 0) is 25.0 Å². The number of alkyl halides is 4. The van der Waals surface area contributed by atoms with Crippen LogP contribution >= 0.6 is 11.6 Å². The molecule has 0 unspecified atom stereocenters. The Hall–Kier alpha value is -1.30. The molecule has 3 rings (SSSR count). The fourth-order valence-electron chi connectivity index (χ4n) is 2.60. The first kappa shape index (κ1) is 13.7. The third-order valence-electron chi connectivity index (χ3n) is 3.70. The topological polar surface area (TPSA) is 17.8 Å². The number of imidazole rings is 1. The van der Waals surface area contributed by atoms with Crippen LogP contribution in [0, 0.1) is 5.82 Å². The van der Waals surface area contributed by atoms with E-state index in [4.69, 9.17) is 11.6 Å². The molecule has 0 atom stereocenters. The molecular formula is C13H11ClF4N2. The van der Waals surface area contributed by atoms with Gasteiger partial charge in [-0.2, -0.15) is 13.2 Å². The standard InChI is InChI=1S/C13H11ClF4N2/c14-7-4-10-19-11-8(15)2-1-3-9(11)20(10)12(5-6-12)13(16,17)18/h1-3H,4-7H2. The van der Waals surface area contributed by atoms with Gasteiger partial charge in [0, 0.05) is 12.3 Å². The van der Waals surface area contributed by atoms with Crippen LogP contribution in [0.25, 0.3) is 11.0 Å². The maximum atomic E-state index is 13.7. The normalized spacial score (nSPS) is 17.6. The SMILES string of the molecule is Fc1cccc2c1nc(CCCl)n2C1(C(F)(F)F)CC1. The van der Waals surface area contributed by atoms with E-state index in [9.17, 15) is 17.6 Å². The molecule has 0 aliphatic heterocycles. The van der Waals surface area contributed by atoms with Gasteiger partial charge in [0.15, 0.2) is 5.82 Å². The van der Waals surface area contributed by atoms with Gasteiger partial charge >= 0.3 is 6.18 Å². The Labute approximate surface area is 117 Å². The number of nitrogens with zero attached hydrogens (tertiary/aromatic N) is 2. The second-order valence-electron chi connectivity index (χ2n) is 4.94. The van der Waals surface area contributed by atoms with Gasteiger partial charge in [0.25, 0.3) is 0 Å². The lowest BCUT2D eigenvalue weighted by atomic mass is 10.2. The summed E-state index contributed by atoms with van der Waals surface area (Å²) in [6, 6.07) is 4.05. The van der Waals surface area contributed by atoms with E-state index >= 15 is 0 Å². The fourth-order valence-corrected chi connectivity index (χ4v) is 2.76. The molecular weight excluding hydrogens is 296 g/mol. The zero-order valence-corrected chi connectivity index (χ0v) is 11.1. The minimum Gasteiger partial charge on any atom is -0.312 e. The van der Waals surface area contributed by atoms with E-state index in [2.05, 4.69) is 4.98 Å². The first-order valence-electron chi connectivity index (χ1n) is 6.20. The Kier molecular flexibility index (Phi) is 2.97. The first-order chi connectivity index (χ1) is 9.40. The number of aromatic nitrogens is 2. The van der Waals surface area contributed by atoms with Crippen molar-refractivity contribution in [2.24, 2.45) is 0 Å². The number of fused-ring (bicyclic) bond motifs is 1. The lowest BCUT2D eigenvalue weighted by Gasteiger charge is -2.23. The summed E-state index contributed by atoms with van der Waals surface area (Å²) in [4.78, 5) is 4.03. The van der Waals surface area contributed by atoms with Crippen LogP contribution in [0.3, 0.4) is 0 Å². The number of hydrogen-bond donors (Lipinski definition) is 0. The Morgan fingerprint density at radius 2 is 2.00 bits per heavy atom. The second kappa shape index (κ2) is 4.35. The number of rotatable bonds is 3. The van der Waals surface area contributed by atoms with E-state index in [-0.39, 0.29) is 42.0 Å². The third kappa shape index (κ3) is 1.81. The van der Waals surface area contributed by atoms with Crippen LogP contribution in [-0.2, 0) is 12.0 Å². The van der Waals surface area contributed by atoms with Crippen molar-refractivity contribution in [2.45, 2.75) is 31.0 Å². The number of halogens is 5. The maximum Gasteiger partial charge on any atom is 0.412 e. The van der Waals surface area contributed by atoms with Crippen molar-refractivity contribution in [2.75, 3.05) is 5.88 Å². The van der Waals surface area contributed by atoms with Gasteiger partial charge in [0.1, 0.15) is 16.9 Å². The van der Waals surface area contributed by atoms with Crippen molar-refractivity contribution in [1.82, 2.24) is 9.55 Å². The van der Waals surface area contributed by atoms with Crippen LogP contribution in [0.15, 0.2) is 18.2 Å². The molecule has 20 heavy (non-hydrogen) atoms. The number of aryl methyl sites for hydroxylation is 1. The van der Waals surface area contributed by atoms with Crippen molar-refractivity contribution >= 4 is 22.6 Å². The first-order valence-corrected chi connectivity index (χ1v) is 6.73. The smallest absolute Gasteiger partial charge is 0.312 e. The molecule has 1 heterocycles. The Balaban J connectivity index is 2.28. The molecule has 0 N–H and O–H groups in total. The largest absolute Gasteiger partial charge is 0.412 e. The summed E-state index contributed by atoms with van der Waals surface area (Å²) in [6.45, 7) is 0. The van der Waals surface area contributed by atoms with Crippen molar-refractivity contribution in [1.29, 1.82) is 0 Å². The minimum absolute atomic E-state index is 0.00619. The summed E-state index contributed by atoms with van der Waals surface area (Å²) in [5.74, 6) is -0.288. The van der Waals surface area contributed by atoms with E-state index in [0.29, 0.717) is 0 Å². The molecule has 1 fully saturated rings. The highest BCUT2D eigenvalue weighted by molar-refractivity contribution is 6.17. The summed E-state index contributed by atoms with van der Waals surface area (Å²) in [7, 11) is 0. The molecule has 0 amide bonds. The molecule has 1 aromatic carbocycles. The lowest BCUT2D eigenvalue weighted by Crippen LogP contribution is -2.36. The quantitative estimate of drug-likeness (QED) is 0.619. The van der Waals surface area contributed by atoms with Crippen LogP contribution in [0.2, 0.25) is 0 Å². The molecule has 2 nitrogen and oxygen atoms in total. The highest BCUT2D eigenvalue weighted by atomic mass is 35.5. The molecule has 0 radical (unpaired) electrons. The average molecular weight is 307 g/mol.